The van der Waals surface area contributed by atoms with Crippen LogP contribution in [0.15, 0.2) is 44.5 Å². The monoisotopic (exact) mass is 357 g/mol. The second-order valence-electron chi connectivity index (χ2n) is 3.89. The maximum absolute atomic E-state index is 11.8. The Labute approximate surface area is 126 Å². The zero-order valence-corrected chi connectivity index (χ0v) is 12.4. The van der Waals surface area contributed by atoms with Gasteiger partial charge >= 0.3 is 5.69 Å². The number of hydrogen-bond acceptors (Lipinski definition) is 3. The fourth-order valence-electron chi connectivity index (χ4n) is 1.51. The van der Waals surface area contributed by atoms with Gasteiger partial charge in [-0.2, -0.15) is 0 Å². The van der Waals surface area contributed by atoms with Gasteiger partial charge in [0.25, 0.3) is 5.56 Å². The standard InChI is InChI=1S/C12H9BrClN3O3/c13-9-5-15-12(20)17(11(9)19)6-10(18)16-8-3-1-7(14)2-4-8/h1-5H,6H2,(H,15,20)(H,16,18). The molecular weight excluding hydrogens is 350 g/mol. The molecule has 20 heavy (non-hydrogen) atoms. The maximum atomic E-state index is 11.8. The topological polar surface area (TPSA) is 84.0 Å². The second-order valence-corrected chi connectivity index (χ2v) is 5.18. The van der Waals surface area contributed by atoms with Gasteiger partial charge in [-0.3, -0.25) is 9.59 Å². The van der Waals surface area contributed by atoms with Crippen molar-refractivity contribution in [2.45, 2.75) is 6.54 Å². The van der Waals surface area contributed by atoms with Crippen LogP contribution in [0.2, 0.25) is 5.02 Å². The van der Waals surface area contributed by atoms with E-state index >= 15 is 0 Å². The molecule has 0 spiro atoms. The van der Waals surface area contributed by atoms with Gasteiger partial charge in [0.15, 0.2) is 0 Å². The molecule has 0 aliphatic rings. The highest BCUT2D eigenvalue weighted by molar-refractivity contribution is 9.10. The van der Waals surface area contributed by atoms with Crippen LogP contribution in [-0.2, 0) is 11.3 Å². The SMILES string of the molecule is O=C(Cn1c(=O)[nH]cc(Br)c1=O)Nc1ccc(Cl)cc1. The van der Waals surface area contributed by atoms with Gasteiger partial charge in [-0.05, 0) is 40.2 Å². The van der Waals surface area contributed by atoms with Crippen molar-refractivity contribution >= 4 is 39.1 Å². The molecule has 0 aliphatic carbocycles. The molecule has 1 aromatic carbocycles. The Morgan fingerprint density at radius 2 is 1.95 bits per heavy atom. The minimum Gasteiger partial charge on any atom is -0.325 e. The number of H-pyrrole nitrogens is 1. The Morgan fingerprint density at radius 3 is 2.60 bits per heavy atom. The van der Waals surface area contributed by atoms with E-state index in [2.05, 4.69) is 26.2 Å². The third kappa shape index (κ3) is 3.37. The summed E-state index contributed by atoms with van der Waals surface area (Å²) < 4.78 is 0.978. The van der Waals surface area contributed by atoms with Crippen LogP contribution in [0.25, 0.3) is 0 Å². The molecule has 0 saturated heterocycles. The lowest BCUT2D eigenvalue weighted by Gasteiger charge is -2.06. The van der Waals surface area contributed by atoms with Gasteiger partial charge in [0.05, 0.1) is 4.47 Å². The highest BCUT2D eigenvalue weighted by atomic mass is 79.9. The summed E-state index contributed by atoms with van der Waals surface area (Å²) in [6.45, 7) is -0.379. The van der Waals surface area contributed by atoms with Gasteiger partial charge in [0, 0.05) is 16.9 Å². The van der Waals surface area contributed by atoms with Crippen molar-refractivity contribution < 1.29 is 4.79 Å². The zero-order valence-electron chi connectivity index (χ0n) is 10.0. The number of benzene rings is 1. The van der Waals surface area contributed by atoms with Gasteiger partial charge < -0.3 is 10.3 Å². The summed E-state index contributed by atoms with van der Waals surface area (Å²) in [5.74, 6) is -0.488. The number of halogens is 2. The van der Waals surface area contributed by atoms with Crippen LogP contribution in [0, 0.1) is 0 Å². The molecule has 0 atom stereocenters. The van der Waals surface area contributed by atoms with E-state index in [4.69, 9.17) is 11.6 Å². The van der Waals surface area contributed by atoms with E-state index in [0.717, 1.165) is 4.57 Å². The number of amides is 1. The third-order valence-corrected chi connectivity index (χ3v) is 3.27. The number of carbonyl (C=O) groups is 1. The van der Waals surface area contributed by atoms with Gasteiger partial charge in [-0.1, -0.05) is 11.6 Å². The first-order valence-electron chi connectivity index (χ1n) is 5.51. The molecule has 0 fully saturated rings. The lowest BCUT2D eigenvalue weighted by atomic mass is 10.3. The van der Waals surface area contributed by atoms with E-state index in [1.165, 1.54) is 6.20 Å². The van der Waals surface area contributed by atoms with E-state index in [9.17, 15) is 14.4 Å². The van der Waals surface area contributed by atoms with E-state index in [-0.39, 0.29) is 11.0 Å². The third-order valence-electron chi connectivity index (χ3n) is 2.45. The van der Waals surface area contributed by atoms with E-state index in [1.807, 2.05) is 0 Å². The lowest BCUT2D eigenvalue weighted by molar-refractivity contribution is -0.116. The molecule has 0 unspecified atom stereocenters. The number of carbonyl (C=O) groups excluding carboxylic acids is 1. The quantitative estimate of drug-likeness (QED) is 0.874. The largest absolute Gasteiger partial charge is 0.328 e. The molecule has 6 nitrogen and oxygen atoms in total. The number of aromatic nitrogens is 2. The first kappa shape index (κ1) is 14.5. The summed E-state index contributed by atoms with van der Waals surface area (Å²) in [4.78, 5) is 37.4. The van der Waals surface area contributed by atoms with Crippen molar-refractivity contribution in [3.8, 4) is 0 Å². The molecular formula is C12H9BrClN3O3. The lowest BCUT2D eigenvalue weighted by Crippen LogP contribution is -2.38. The summed E-state index contributed by atoms with van der Waals surface area (Å²) in [5, 5.41) is 3.11. The predicted octanol–water partition coefficient (Wildman–Crippen LogP) is 1.59. The summed E-state index contributed by atoms with van der Waals surface area (Å²) >= 11 is 8.72. The highest BCUT2D eigenvalue weighted by Gasteiger charge is 2.10. The fraction of sp³-hybridized carbons (Fsp3) is 0.0833. The van der Waals surface area contributed by atoms with E-state index in [1.54, 1.807) is 24.3 Å². The first-order valence-corrected chi connectivity index (χ1v) is 6.68. The number of rotatable bonds is 3. The minimum atomic E-state index is -0.649. The van der Waals surface area contributed by atoms with Crippen LogP contribution in [0.3, 0.4) is 0 Å². The van der Waals surface area contributed by atoms with Crippen molar-refractivity contribution in [2.24, 2.45) is 0 Å². The van der Waals surface area contributed by atoms with Crippen molar-refractivity contribution in [1.29, 1.82) is 0 Å². The molecule has 8 heteroatoms. The fourth-order valence-corrected chi connectivity index (χ4v) is 1.96. The molecule has 2 rings (SSSR count). The highest BCUT2D eigenvalue weighted by Crippen LogP contribution is 2.13. The van der Waals surface area contributed by atoms with Crippen LogP contribution < -0.4 is 16.6 Å². The molecule has 1 heterocycles. The van der Waals surface area contributed by atoms with E-state index in [0.29, 0.717) is 10.7 Å². The van der Waals surface area contributed by atoms with Crippen molar-refractivity contribution in [3.05, 3.63) is 60.8 Å². The zero-order chi connectivity index (χ0) is 14.7. The molecule has 0 aliphatic heterocycles. The van der Waals surface area contributed by atoms with Crippen LogP contribution >= 0.6 is 27.5 Å². The summed E-state index contributed by atoms with van der Waals surface area (Å²) in [5.41, 5.74) is -0.691. The number of nitrogens with one attached hydrogen (secondary N) is 2. The molecule has 1 amide bonds. The number of nitrogens with zero attached hydrogens (tertiary/aromatic N) is 1. The summed E-state index contributed by atoms with van der Waals surface area (Å²) in [6, 6.07) is 6.48. The minimum absolute atomic E-state index is 0.177. The number of anilines is 1. The molecule has 104 valence electrons. The summed E-state index contributed by atoms with van der Waals surface area (Å²) in [7, 11) is 0. The van der Waals surface area contributed by atoms with E-state index < -0.39 is 17.2 Å². The molecule has 1 aromatic heterocycles. The molecule has 0 radical (unpaired) electrons. The molecule has 2 N–H and O–H groups in total. The van der Waals surface area contributed by atoms with Gasteiger partial charge in [0.2, 0.25) is 5.91 Å². The first-order chi connectivity index (χ1) is 9.47. The average Bonchev–Trinajstić information content (AvgIpc) is 2.42. The Balaban J connectivity index is 2.17. The second kappa shape index (κ2) is 6.06. The summed E-state index contributed by atoms with van der Waals surface area (Å²) in [6.07, 6.45) is 1.23. The van der Waals surface area contributed by atoms with Crippen LogP contribution in [-0.4, -0.2) is 15.5 Å². The number of aromatic amines is 1. The van der Waals surface area contributed by atoms with Crippen LogP contribution in [0.4, 0.5) is 5.69 Å². The van der Waals surface area contributed by atoms with Crippen molar-refractivity contribution in [3.63, 3.8) is 0 Å². The average molecular weight is 359 g/mol. The Bertz CT molecular complexity index is 752. The molecule has 2 aromatic rings. The Morgan fingerprint density at radius 1 is 1.30 bits per heavy atom. The molecule has 0 saturated carbocycles. The normalized spacial score (nSPS) is 10.3. The maximum Gasteiger partial charge on any atom is 0.328 e. The van der Waals surface area contributed by atoms with Gasteiger partial charge in [-0.15, -0.1) is 0 Å². The Kier molecular flexibility index (Phi) is 4.41. The Hall–Kier alpha value is -1.86. The van der Waals surface area contributed by atoms with Crippen LogP contribution in [0.1, 0.15) is 0 Å². The van der Waals surface area contributed by atoms with Crippen molar-refractivity contribution in [1.82, 2.24) is 9.55 Å². The van der Waals surface area contributed by atoms with Gasteiger partial charge in [0.1, 0.15) is 6.54 Å². The van der Waals surface area contributed by atoms with Crippen LogP contribution in [0.5, 0.6) is 0 Å². The number of hydrogen-bond donors (Lipinski definition) is 2. The van der Waals surface area contributed by atoms with Crippen molar-refractivity contribution in [2.75, 3.05) is 5.32 Å². The smallest absolute Gasteiger partial charge is 0.325 e. The molecule has 0 bridgehead atoms. The predicted molar refractivity (Wildman–Crippen MR) is 79.1 cm³/mol. The van der Waals surface area contributed by atoms with Gasteiger partial charge in [-0.25, -0.2) is 9.36 Å².